The summed E-state index contributed by atoms with van der Waals surface area (Å²) in [5.41, 5.74) is 16.5. The third kappa shape index (κ3) is 6.26. The fourth-order valence-electron chi connectivity index (χ4n) is 10.4. The Morgan fingerprint density at radius 1 is 0.258 bits per heavy atom. The molecular weight excluding hydrogens is 797 g/mol. The lowest BCUT2D eigenvalue weighted by Gasteiger charge is -2.29. The fraction of sp³-hybridized carbons (Fsp3) is 0. The third-order valence-electron chi connectivity index (χ3n) is 13.5. The van der Waals surface area contributed by atoms with Gasteiger partial charge in [0, 0.05) is 32.9 Å². The van der Waals surface area contributed by atoms with E-state index in [1.807, 2.05) is 0 Å². The van der Waals surface area contributed by atoms with Gasteiger partial charge in [-0.15, -0.1) is 0 Å². The number of rotatable bonds is 8. The second-order valence-electron chi connectivity index (χ2n) is 17.3. The number of nitrogens with zero attached hydrogens (tertiary/aromatic N) is 2. The van der Waals surface area contributed by atoms with Crippen LogP contribution in [-0.4, -0.2) is 4.57 Å². The van der Waals surface area contributed by atoms with E-state index < -0.39 is 0 Å². The molecule has 0 fully saturated rings. The van der Waals surface area contributed by atoms with Crippen LogP contribution in [0.5, 0.6) is 0 Å². The summed E-state index contributed by atoms with van der Waals surface area (Å²) in [6, 6.07) is 93.3. The van der Waals surface area contributed by atoms with Crippen molar-refractivity contribution in [1.82, 2.24) is 4.57 Å². The molecule has 0 atom stereocenters. The minimum Gasteiger partial charge on any atom is -0.310 e. The van der Waals surface area contributed by atoms with Crippen molar-refractivity contribution < 1.29 is 0 Å². The SMILES string of the molecule is c1ccc(-c2ccc(-c3cccc(N(c4cccc(-c5ccc(-c6ccccc6)cc5)c4)c4ccc5ccc6c(-n7c8ccccc8c8ccccc87)ccc7ccc4c5c76)c3)cc2)cc1. The molecular formula is C64H42N2. The van der Waals surface area contributed by atoms with E-state index in [-0.39, 0.29) is 0 Å². The Hall–Kier alpha value is -8.72. The van der Waals surface area contributed by atoms with Gasteiger partial charge in [0.25, 0.3) is 0 Å². The molecule has 1 heterocycles. The Morgan fingerprint density at radius 2 is 0.652 bits per heavy atom. The van der Waals surface area contributed by atoms with E-state index in [1.165, 1.54) is 104 Å². The first-order chi connectivity index (χ1) is 32.7. The zero-order valence-corrected chi connectivity index (χ0v) is 36.1. The lowest BCUT2D eigenvalue weighted by molar-refractivity contribution is 1.20. The van der Waals surface area contributed by atoms with E-state index in [0.29, 0.717) is 0 Å². The van der Waals surface area contributed by atoms with E-state index in [0.717, 1.165) is 17.1 Å². The van der Waals surface area contributed by atoms with Gasteiger partial charge in [0.15, 0.2) is 0 Å². The number of benzene rings is 12. The molecule has 0 radical (unpaired) electrons. The molecule has 1 aromatic heterocycles. The summed E-state index contributed by atoms with van der Waals surface area (Å²) in [4.78, 5) is 2.46. The number of para-hydroxylation sites is 2. The lowest BCUT2D eigenvalue weighted by Crippen LogP contribution is -2.11. The van der Waals surface area contributed by atoms with E-state index in [1.54, 1.807) is 0 Å². The van der Waals surface area contributed by atoms with Crippen molar-refractivity contribution in [1.29, 1.82) is 0 Å². The molecule has 308 valence electrons. The van der Waals surface area contributed by atoms with Crippen molar-refractivity contribution in [3.05, 3.63) is 255 Å². The zero-order chi connectivity index (χ0) is 43.6. The van der Waals surface area contributed by atoms with Gasteiger partial charge in [0.05, 0.1) is 22.4 Å². The summed E-state index contributed by atoms with van der Waals surface area (Å²) in [6.45, 7) is 0. The smallest absolute Gasteiger partial charge is 0.0541 e. The van der Waals surface area contributed by atoms with Crippen molar-refractivity contribution in [2.24, 2.45) is 0 Å². The Morgan fingerprint density at radius 3 is 1.18 bits per heavy atom. The maximum absolute atomic E-state index is 2.46. The Balaban J connectivity index is 0.998. The Labute approximate surface area is 383 Å². The van der Waals surface area contributed by atoms with E-state index in [2.05, 4.69) is 264 Å². The molecule has 0 spiro atoms. The summed E-state index contributed by atoms with van der Waals surface area (Å²) < 4.78 is 2.46. The molecule has 0 aliphatic carbocycles. The van der Waals surface area contributed by atoms with Gasteiger partial charge in [0.1, 0.15) is 0 Å². The average Bonchev–Trinajstić information content (AvgIpc) is 3.73. The number of hydrogen-bond acceptors (Lipinski definition) is 1. The molecule has 0 bridgehead atoms. The monoisotopic (exact) mass is 838 g/mol. The molecule has 12 aromatic carbocycles. The van der Waals surface area contributed by atoms with Crippen LogP contribution in [0.2, 0.25) is 0 Å². The van der Waals surface area contributed by atoms with Crippen LogP contribution >= 0.6 is 0 Å². The summed E-state index contributed by atoms with van der Waals surface area (Å²) in [7, 11) is 0. The quantitative estimate of drug-likeness (QED) is 0.138. The predicted octanol–water partition coefficient (Wildman–Crippen LogP) is 17.8. The van der Waals surface area contributed by atoms with Gasteiger partial charge in [-0.1, -0.05) is 206 Å². The number of anilines is 3. The molecule has 0 aliphatic rings. The molecule has 0 saturated carbocycles. The molecule has 2 heteroatoms. The second kappa shape index (κ2) is 15.5. The van der Waals surface area contributed by atoms with Crippen molar-refractivity contribution in [2.75, 3.05) is 4.90 Å². The van der Waals surface area contributed by atoms with Gasteiger partial charge in [-0.25, -0.2) is 0 Å². The number of hydrogen-bond donors (Lipinski definition) is 0. The summed E-state index contributed by atoms with van der Waals surface area (Å²) in [6.07, 6.45) is 0. The minimum absolute atomic E-state index is 1.09. The van der Waals surface area contributed by atoms with Crippen molar-refractivity contribution in [2.45, 2.75) is 0 Å². The highest BCUT2D eigenvalue weighted by atomic mass is 15.1. The lowest BCUT2D eigenvalue weighted by atomic mass is 9.92. The Kier molecular flexibility index (Phi) is 8.89. The summed E-state index contributed by atoms with van der Waals surface area (Å²) in [5, 5.41) is 9.99. The topological polar surface area (TPSA) is 8.17 Å². The fourth-order valence-corrected chi connectivity index (χ4v) is 10.4. The third-order valence-corrected chi connectivity index (χ3v) is 13.5. The molecule has 13 aromatic rings. The highest BCUT2D eigenvalue weighted by Gasteiger charge is 2.22. The predicted molar refractivity (Wildman–Crippen MR) is 281 cm³/mol. The number of aromatic nitrogens is 1. The highest BCUT2D eigenvalue weighted by Crippen LogP contribution is 2.47. The van der Waals surface area contributed by atoms with E-state index in [9.17, 15) is 0 Å². The van der Waals surface area contributed by atoms with Crippen LogP contribution in [-0.2, 0) is 0 Å². The maximum atomic E-state index is 2.46. The van der Waals surface area contributed by atoms with Crippen LogP contribution in [0.1, 0.15) is 0 Å². The van der Waals surface area contributed by atoms with E-state index in [4.69, 9.17) is 0 Å². The van der Waals surface area contributed by atoms with Crippen LogP contribution in [0.25, 0.3) is 104 Å². The van der Waals surface area contributed by atoms with Gasteiger partial charge < -0.3 is 9.47 Å². The summed E-state index contributed by atoms with van der Waals surface area (Å²) in [5.74, 6) is 0. The van der Waals surface area contributed by atoms with Gasteiger partial charge in [-0.2, -0.15) is 0 Å². The molecule has 0 saturated heterocycles. The molecule has 2 nitrogen and oxygen atoms in total. The first-order valence-corrected chi connectivity index (χ1v) is 22.7. The second-order valence-corrected chi connectivity index (χ2v) is 17.3. The van der Waals surface area contributed by atoms with Gasteiger partial charge in [0.2, 0.25) is 0 Å². The first-order valence-electron chi connectivity index (χ1n) is 22.7. The maximum Gasteiger partial charge on any atom is 0.0541 e. The molecule has 0 aliphatic heterocycles. The molecule has 0 amide bonds. The van der Waals surface area contributed by atoms with Crippen molar-refractivity contribution in [3.63, 3.8) is 0 Å². The minimum atomic E-state index is 1.09. The van der Waals surface area contributed by atoms with Crippen LogP contribution < -0.4 is 4.90 Å². The van der Waals surface area contributed by atoms with Gasteiger partial charge in [-0.3, -0.25) is 0 Å². The van der Waals surface area contributed by atoms with Gasteiger partial charge >= 0.3 is 0 Å². The van der Waals surface area contributed by atoms with Crippen LogP contribution in [0.4, 0.5) is 17.1 Å². The zero-order valence-electron chi connectivity index (χ0n) is 36.1. The molecule has 0 N–H and O–H groups in total. The largest absolute Gasteiger partial charge is 0.310 e. The Bertz CT molecular complexity index is 3720. The molecule has 13 rings (SSSR count). The average molecular weight is 839 g/mol. The van der Waals surface area contributed by atoms with Crippen LogP contribution in [0.15, 0.2) is 255 Å². The van der Waals surface area contributed by atoms with Gasteiger partial charge in [-0.05, 0) is 115 Å². The molecule has 66 heavy (non-hydrogen) atoms. The van der Waals surface area contributed by atoms with Crippen LogP contribution in [0.3, 0.4) is 0 Å². The summed E-state index contributed by atoms with van der Waals surface area (Å²) >= 11 is 0. The van der Waals surface area contributed by atoms with Crippen LogP contribution in [0, 0.1) is 0 Å². The number of fused-ring (bicyclic) bond motifs is 3. The van der Waals surface area contributed by atoms with E-state index >= 15 is 0 Å². The first kappa shape index (κ1) is 37.8. The normalized spacial score (nSPS) is 11.6. The highest BCUT2D eigenvalue weighted by molar-refractivity contribution is 6.27. The standard InChI is InChI=1S/C64H42N2/c1-3-13-43(14-4-1)45-25-29-47(30-26-45)51-17-11-19-53(41-51)65(54-20-12-18-52(42-54)48-31-27-46(28-32-48)44-15-5-2-6-16-44)61-39-35-49-34-38-58-62(40-36-50-33-37-57(61)63(49)64(50)58)66-59-23-9-7-21-55(59)56-22-8-10-24-60(56)66/h1-42H. The molecule has 0 unspecified atom stereocenters. The van der Waals surface area contributed by atoms with Crippen molar-refractivity contribution >= 4 is 71.2 Å². The van der Waals surface area contributed by atoms with Crippen molar-refractivity contribution in [3.8, 4) is 50.2 Å².